The van der Waals surface area contributed by atoms with E-state index in [4.69, 9.17) is 12.2 Å². The van der Waals surface area contributed by atoms with E-state index < -0.39 is 5.25 Å². The summed E-state index contributed by atoms with van der Waals surface area (Å²) in [5.41, 5.74) is 5.75. The third-order valence-electron chi connectivity index (χ3n) is 5.21. The molecule has 4 aromatic carbocycles. The Hall–Kier alpha value is -3.61. The Labute approximate surface area is 216 Å². The van der Waals surface area contributed by atoms with Crippen molar-refractivity contribution in [2.45, 2.75) is 24.0 Å². The molecule has 0 heterocycles. The maximum absolute atomic E-state index is 13.4. The summed E-state index contributed by atoms with van der Waals surface area (Å²) in [4.78, 5) is 14.4. The lowest BCUT2D eigenvalue weighted by Crippen LogP contribution is -2.19. The number of carbonyl (C=O) groups excluding carboxylic acids is 1. The SMILES string of the molecule is Cc1cc(C)cc(NC(=O)C(Sc2cccc(NC(=S)Nc3ccccc3)c2)c2ccccc2)c1. The number of aryl methyl sites for hydroxylation is 2. The number of hydrogen-bond donors (Lipinski definition) is 3. The summed E-state index contributed by atoms with van der Waals surface area (Å²) >= 11 is 6.98. The minimum Gasteiger partial charge on any atom is -0.332 e. The number of para-hydroxylation sites is 1. The average Bonchev–Trinajstić information content (AvgIpc) is 2.83. The molecule has 1 amide bonds. The Morgan fingerprint density at radius 1 is 0.686 bits per heavy atom. The van der Waals surface area contributed by atoms with E-state index in [1.807, 2.05) is 111 Å². The summed E-state index contributed by atoms with van der Waals surface area (Å²) in [6, 6.07) is 33.6. The first-order valence-electron chi connectivity index (χ1n) is 11.3. The summed E-state index contributed by atoms with van der Waals surface area (Å²) in [6.45, 7) is 4.06. The number of rotatable bonds is 7. The fourth-order valence-corrected chi connectivity index (χ4v) is 5.07. The zero-order chi connectivity index (χ0) is 24.6. The highest BCUT2D eigenvalue weighted by Gasteiger charge is 2.22. The van der Waals surface area contributed by atoms with E-state index in [1.165, 1.54) is 11.8 Å². The minimum absolute atomic E-state index is 0.0640. The van der Waals surface area contributed by atoms with Gasteiger partial charge in [0.1, 0.15) is 5.25 Å². The van der Waals surface area contributed by atoms with Crippen LogP contribution in [0, 0.1) is 13.8 Å². The van der Waals surface area contributed by atoms with Crippen LogP contribution in [0.25, 0.3) is 0 Å². The van der Waals surface area contributed by atoms with Crippen LogP contribution in [-0.2, 0) is 4.79 Å². The van der Waals surface area contributed by atoms with E-state index in [2.05, 4.69) is 22.0 Å². The first-order chi connectivity index (χ1) is 17.0. The van der Waals surface area contributed by atoms with Gasteiger partial charge in [0.05, 0.1) is 0 Å². The number of benzene rings is 4. The first-order valence-corrected chi connectivity index (χ1v) is 12.6. The van der Waals surface area contributed by atoms with Crippen LogP contribution in [0.3, 0.4) is 0 Å². The number of carbonyl (C=O) groups is 1. The van der Waals surface area contributed by atoms with Gasteiger partial charge >= 0.3 is 0 Å². The molecule has 0 aliphatic heterocycles. The average molecular weight is 498 g/mol. The predicted octanol–water partition coefficient (Wildman–Crippen LogP) is 7.58. The van der Waals surface area contributed by atoms with Crippen molar-refractivity contribution in [1.29, 1.82) is 0 Å². The molecule has 0 aliphatic rings. The van der Waals surface area contributed by atoms with Gasteiger partial charge < -0.3 is 16.0 Å². The van der Waals surface area contributed by atoms with Crippen LogP contribution in [0.5, 0.6) is 0 Å². The third-order valence-corrected chi connectivity index (χ3v) is 6.66. The van der Waals surface area contributed by atoms with Crippen molar-refractivity contribution >= 4 is 52.1 Å². The van der Waals surface area contributed by atoms with Crippen molar-refractivity contribution in [1.82, 2.24) is 0 Å². The standard InChI is InChI=1S/C29H27N3OS2/c1-20-16-21(2)18-25(17-20)30-28(33)27(22-10-5-3-6-11-22)35-26-15-9-14-24(19-26)32-29(34)31-23-12-7-4-8-13-23/h3-19,27H,1-2H3,(H,30,33)(H2,31,32,34). The van der Waals surface area contributed by atoms with Crippen LogP contribution in [-0.4, -0.2) is 11.0 Å². The van der Waals surface area contributed by atoms with Gasteiger partial charge in [0, 0.05) is 22.0 Å². The van der Waals surface area contributed by atoms with Gasteiger partial charge in [0.2, 0.25) is 5.91 Å². The van der Waals surface area contributed by atoms with Crippen molar-refractivity contribution in [3.63, 3.8) is 0 Å². The van der Waals surface area contributed by atoms with Crippen LogP contribution in [0.1, 0.15) is 21.9 Å². The molecule has 3 N–H and O–H groups in total. The van der Waals surface area contributed by atoms with Crippen LogP contribution < -0.4 is 16.0 Å². The molecular weight excluding hydrogens is 470 g/mol. The van der Waals surface area contributed by atoms with Gasteiger partial charge in [-0.25, -0.2) is 0 Å². The topological polar surface area (TPSA) is 53.2 Å². The number of thioether (sulfide) groups is 1. The maximum Gasteiger partial charge on any atom is 0.242 e. The van der Waals surface area contributed by atoms with E-state index in [9.17, 15) is 4.79 Å². The molecule has 0 radical (unpaired) electrons. The second-order valence-electron chi connectivity index (χ2n) is 8.25. The summed E-state index contributed by atoms with van der Waals surface area (Å²) in [7, 11) is 0. The predicted molar refractivity (Wildman–Crippen MR) is 152 cm³/mol. The number of nitrogens with one attached hydrogen (secondary N) is 3. The van der Waals surface area contributed by atoms with Crippen molar-refractivity contribution in [3.8, 4) is 0 Å². The zero-order valence-electron chi connectivity index (χ0n) is 19.6. The van der Waals surface area contributed by atoms with E-state index in [0.717, 1.165) is 38.6 Å². The summed E-state index contributed by atoms with van der Waals surface area (Å²) in [6.07, 6.45) is 0. The van der Waals surface area contributed by atoms with Crippen molar-refractivity contribution in [3.05, 3.63) is 120 Å². The Morgan fingerprint density at radius 3 is 1.97 bits per heavy atom. The van der Waals surface area contributed by atoms with E-state index in [0.29, 0.717) is 5.11 Å². The molecule has 4 rings (SSSR count). The minimum atomic E-state index is -0.415. The third kappa shape index (κ3) is 7.18. The maximum atomic E-state index is 13.4. The number of thiocarbonyl (C=S) groups is 1. The van der Waals surface area contributed by atoms with Crippen LogP contribution in [0.15, 0.2) is 108 Å². The second-order valence-corrected chi connectivity index (χ2v) is 9.83. The molecule has 0 saturated carbocycles. The highest BCUT2D eigenvalue weighted by molar-refractivity contribution is 8.00. The molecule has 1 atom stereocenters. The summed E-state index contributed by atoms with van der Waals surface area (Å²) in [5.74, 6) is -0.0640. The second kappa shape index (κ2) is 11.7. The van der Waals surface area contributed by atoms with Gasteiger partial charge in [-0.15, -0.1) is 11.8 Å². The molecule has 0 fully saturated rings. The Balaban J connectivity index is 1.51. The molecule has 0 saturated heterocycles. The van der Waals surface area contributed by atoms with Gasteiger partial charge in [-0.1, -0.05) is 60.7 Å². The quantitative estimate of drug-likeness (QED) is 0.181. The molecule has 0 bridgehead atoms. The van der Waals surface area contributed by atoms with Crippen LogP contribution in [0.4, 0.5) is 17.1 Å². The molecule has 4 aromatic rings. The highest BCUT2D eigenvalue weighted by Crippen LogP contribution is 2.37. The number of anilines is 3. The highest BCUT2D eigenvalue weighted by atomic mass is 32.2. The van der Waals surface area contributed by atoms with Gasteiger partial charge in [-0.2, -0.15) is 0 Å². The Morgan fingerprint density at radius 2 is 1.29 bits per heavy atom. The Kier molecular flexibility index (Phi) is 8.19. The largest absolute Gasteiger partial charge is 0.332 e. The van der Waals surface area contributed by atoms with Gasteiger partial charge in [-0.3, -0.25) is 4.79 Å². The molecule has 0 aromatic heterocycles. The van der Waals surface area contributed by atoms with Crippen molar-refractivity contribution in [2.24, 2.45) is 0 Å². The van der Waals surface area contributed by atoms with E-state index in [-0.39, 0.29) is 5.91 Å². The molecule has 4 nitrogen and oxygen atoms in total. The molecule has 0 aliphatic carbocycles. The normalized spacial score (nSPS) is 11.4. The monoisotopic (exact) mass is 497 g/mol. The molecule has 35 heavy (non-hydrogen) atoms. The van der Waals surface area contributed by atoms with Crippen molar-refractivity contribution < 1.29 is 4.79 Å². The molecule has 176 valence electrons. The van der Waals surface area contributed by atoms with Gasteiger partial charge in [-0.05, 0) is 85.2 Å². The van der Waals surface area contributed by atoms with E-state index >= 15 is 0 Å². The first kappa shape index (κ1) is 24.5. The van der Waals surface area contributed by atoms with Gasteiger partial charge in [0.25, 0.3) is 0 Å². The van der Waals surface area contributed by atoms with Crippen molar-refractivity contribution in [2.75, 3.05) is 16.0 Å². The molecule has 0 spiro atoms. The zero-order valence-corrected chi connectivity index (χ0v) is 21.3. The molecule has 6 heteroatoms. The summed E-state index contributed by atoms with van der Waals surface area (Å²) in [5, 5.41) is 9.61. The number of amides is 1. The van der Waals surface area contributed by atoms with Gasteiger partial charge in [0.15, 0.2) is 5.11 Å². The Bertz CT molecular complexity index is 1290. The number of hydrogen-bond acceptors (Lipinski definition) is 3. The molecular formula is C29H27N3OS2. The molecule has 1 unspecified atom stereocenters. The lowest BCUT2D eigenvalue weighted by atomic mass is 10.1. The fourth-order valence-electron chi connectivity index (χ4n) is 3.75. The van der Waals surface area contributed by atoms with E-state index in [1.54, 1.807) is 0 Å². The fraction of sp³-hybridized carbons (Fsp3) is 0.103. The summed E-state index contributed by atoms with van der Waals surface area (Å²) < 4.78 is 0. The lowest BCUT2D eigenvalue weighted by Gasteiger charge is -2.18. The van der Waals surface area contributed by atoms with Crippen LogP contribution >= 0.6 is 24.0 Å². The van der Waals surface area contributed by atoms with Crippen LogP contribution in [0.2, 0.25) is 0 Å². The smallest absolute Gasteiger partial charge is 0.242 e. The lowest BCUT2D eigenvalue weighted by molar-refractivity contribution is -0.115.